The van der Waals surface area contributed by atoms with Crippen molar-refractivity contribution in [3.63, 3.8) is 0 Å². The minimum absolute atomic E-state index is 0.0121. The number of hydrogen-bond donors (Lipinski definition) is 2. The summed E-state index contributed by atoms with van der Waals surface area (Å²) in [5, 5.41) is 8.52. The molecule has 1 rings (SSSR count). The predicted molar refractivity (Wildman–Crippen MR) is 50.8 cm³/mol. The molecule has 0 aliphatic heterocycles. The van der Waals surface area contributed by atoms with Crippen molar-refractivity contribution in [2.45, 2.75) is 19.4 Å². The molecule has 0 amide bonds. The summed E-state index contributed by atoms with van der Waals surface area (Å²) in [6, 6.07) is 2.97. The maximum Gasteiger partial charge on any atom is 0.280 e. The lowest BCUT2D eigenvalue weighted by Gasteiger charge is -2.09. The SMILES string of the molecule is N#CCc1c(N)cc(C(F)F)nc1CN. The molecule has 1 aromatic heterocycles. The maximum atomic E-state index is 12.4. The number of nitrogens with two attached hydrogens (primary N) is 2. The standard InChI is InChI=1S/C9H10F2N4/c10-9(11)7-3-6(14)5(1-2-12)8(4-13)15-7/h3,9H,1,4,13H2,(H2,14,15). The van der Waals surface area contributed by atoms with Crippen LogP contribution in [0.3, 0.4) is 0 Å². The molecule has 0 aliphatic rings. The van der Waals surface area contributed by atoms with E-state index in [1.165, 1.54) is 0 Å². The minimum atomic E-state index is -2.69. The third-order valence-electron chi connectivity index (χ3n) is 1.94. The molecular formula is C9H10F2N4. The molecule has 0 saturated heterocycles. The maximum absolute atomic E-state index is 12.4. The lowest BCUT2D eigenvalue weighted by Crippen LogP contribution is -2.10. The Hall–Kier alpha value is -1.74. The Balaban J connectivity index is 3.25. The molecule has 0 bridgehead atoms. The molecule has 15 heavy (non-hydrogen) atoms. The fraction of sp³-hybridized carbons (Fsp3) is 0.333. The summed E-state index contributed by atoms with van der Waals surface area (Å²) in [7, 11) is 0. The van der Waals surface area contributed by atoms with Gasteiger partial charge in [-0.2, -0.15) is 5.26 Å². The highest BCUT2D eigenvalue weighted by Gasteiger charge is 2.15. The number of nitrogen functional groups attached to an aromatic ring is 1. The van der Waals surface area contributed by atoms with Crippen molar-refractivity contribution in [1.29, 1.82) is 5.26 Å². The highest BCUT2D eigenvalue weighted by atomic mass is 19.3. The molecule has 1 aromatic rings. The Morgan fingerprint density at radius 1 is 1.53 bits per heavy atom. The molecule has 0 atom stereocenters. The number of aromatic nitrogens is 1. The van der Waals surface area contributed by atoms with Gasteiger partial charge in [0.05, 0.1) is 18.2 Å². The third kappa shape index (κ3) is 2.39. The van der Waals surface area contributed by atoms with Crippen molar-refractivity contribution in [3.8, 4) is 6.07 Å². The van der Waals surface area contributed by atoms with E-state index >= 15 is 0 Å². The van der Waals surface area contributed by atoms with Gasteiger partial charge >= 0.3 is 0 Å². The van der Waals surface area contributed by atoms with Gasteiger partial charge in [0.15, 0.2) is 0 Å². The largest absolute Gasteiger partial charge is 0.398 e. The van der Waals surface area contributed by atoms with Crippen LogP contribution in [0.25, 0.3) is 0 Å². The Morgan fingerprint density at radius 2 is 2.20 bits per heavy atom. The third-order valence-corrected chi connectivity index (χ3v) is 1.94. The average Bonchev–Trinajstić information content (AvgIpc) is 2.20. The summed E-state index contributed by atoms with van der Waals surface area (Å²) >= 11 is 0. The van der Waals surface area contributed by atoms with Gasteiger partial charge < -0.3 is 11.5 Å². The molecule has 6 heteroatoms. The quantitative estimate of drug-likeness (QED) is 0.785. The summed E-state index contributed by atoms with van der Waals surface area (Å²) in [6.45, 7) is -0.0121. The van der Waals surface area contributed by atoms with Crippen LogP contribution in [-0.4, -0.2) is 4.98 Å². The van der Waals surface area contributed by atoms with Gasteiger partial charge in [0.2, 0.25) is 0 Å². The van der Waals surface area contributed by atoms with E-state index < -0.39 is 12.1 Å². The van der Waals surface area contributed by atoms with Crippen molar-refractivity contribution >= 4 is 5.69 Å². The molecule has 80 valence electrons. The molecular weight excluding hydrogens is 202 g/mol. The van der Waals surface area contributed by atoms with Crippen molar-refractivity contribution in [3.05, 3.63) is 23.0 Å². The first-order valence-corrected chi connectivity index (χ1v) is 4.23. The van der Waals surface area contributed by atoms with Crippen LogP contribution in [0.1, 0.15) is 23.4 Å². The van der Waals surface area contributed by atoms with Gasteiger partial charge in [-0.3, -0.25) is 4.98 Å². The van der Waals surface area contributed by atoms with E-state index in [0.29, 0.717) is 5.56 Å². The van der Waals surface area contributed by atoms with Crippen LogP contribution in [0.5, 0.6) is 0 Å². The van der Waals surface area contributed by atoms with Gasteiger partial charge in [-0.05, 0) is 6.07 Å². The summed E-state index contributed by atoms with van der Waals surface area (Å²) in [5.41, 5.74) is 11.3. The van der Waals surface area contributed by atoms with Gasteiger partial charge in [-0.25, -0.2) is 8.78 Å². The van der Waals surface area contributed by atoms with Crippen LogP contribution in [0.2, 0.25) is 0 Å². The Bertz CT molecular complexity index is 398. The molecule has 0 aliphatic carbocycles. The molecule has 0 aromatic carbocycles. The number of pyridine rings is 1. The highest BCUT2D eigenvalue weighted by molar-refractivity contribution is 5.51. The number of alkyl halides is 2. The van der Waals surface area contributed by atoms with Crippen LogP contribution in [0.15, 0.2) is 6.07 Å². The normalized spacial score (nSPS) is 10.3. The first-order chi connectivity index (χ1) is 7.10. The fourth-order valence-electron chi connectivity index (χ4n) is 1.23. The van der Waals surface area contributed by atoms with Crippen molar-refractivity contribution in [2.75, 3.05) is 5.73 Å². The number of halogens is 2. The number of hydrogen-bond acceptors (Lipinski definition) is 4. The van der Waals surface area contributed by atoms with E-state index in [0.717, 1.165) is 6.07 Å². The second-order valence-electron chi connectivity index (χ2n) is 2.90. The van der Waals surface area contributed by atoms with Crippen LogP contribution in [-0.2, 0) is 13.0 Å². The first-order valence-electron chi connectivity index (χ1n) is 4.23. The number of nitriles is 1. The van der Waals surface area contributed by atoms with Gasteiger partial charge in [0.25, 0.3) is 6.43 Å². The molecule has 4 nitrogen and oxygen atoms in total. The van der Waals surface area contributed by atoms with E-state index in [1.54, 1.807) is 0 Å². The smallest absolute Gasteiger partial charge is 0.280 e. The molecule has 0 radical (unpaired) electrons. The monoisotopic (exact) mass is 212 g/mol. The van der Waals surface area contributed by atoms with E-state index in [1.807, 2.05) is 6.07 Å². The topological polar surface area (TPSA) is 88.7 Å². The van der Waals surface area contributed by atoms with E-state index in [4.69, 9.17) is 16.7 Å². The zero-order valence-electron chi connectivity index (χ0n) is 7.87. The molecule has 0 saturated carbocycles. The highest BCUT2D eigenvalue weighted by Crippen LogP contribution is 2.23. The lowest BCUT2D eigenvalue weighted by atomic mass is 10.1. The molecule has 4 N–H and O–H groups in total. The second kappa shape index (κ2) is 4.66. The van der Waals surface area contributed by atoms with E-state index in [2.05, 4.69) is 4.98 Å². The van der Waals surface area contributed by atoms with Crippen molar-refractivity contribution in [2.24, 2.45) is 5.73 Å². The van der Waals surface area contributed by atoms with Gasteiger partial charge in [-0.15, -0.1) is 0 Å². The van der Waals surface area contributed by atoms with Crippen LogP contribution in [0, 0.1) is 11.3 Å². The van der Waals surface area contributed by atoms with Gasteiger partial charge in [0.1, 0.15) is 5.69 Å². The number of nitrogens with zero attached hydrogens (tertiary/aromatic N) is 2. The lowest BCUT2D eigenvalue weighted by molar-refractivity contribution is 0.146. The molecule has 0 fully saturated rings. The Morgan fingerprint density at radius 3 is 2.67 bits per heavy atom. The Kier molecular flexibility index (Phi) is 3.52. The van der Waals surface area contributed by atoms with E-state index in [9.17, 15) is 8.78 Å². The minimum Gasteiger partial charge on any atom is -0.398 e. The van der Waals surface area contributed by atoms with Crippen LogP contribution in [0.4, 0.5) is 14.5 Å². The van der Waals surface area contributed by atoms with Crippen molar-refractivity contribution < 1.29 is 8.78 Å². The number of rotatable bonds is 3. The van der Waals surface area contributed by atoms with Gasteiger partial charge in [-0.1, -0.05) is 0 Å². The first kappa shape index (κ1) is 11.3. The second-order valence-corrected chi connectivity index (χ2v) is 2.90. The zero-order valence-corrected chi connectivity index (χ0v) is 7.87. The molecule has 1 heterocycles. The fourth-order valence-corrected chi connectivity index (χ4v) is 1.23. The molecule has 0 spiro atoms. The Labute approximate surface area is 85.5 Å². The summed E-state index contributed by atoms with van der Waals surface area (Å²) in [4.78, 5) is 3.66. The van der Waals surface area contributed by atoms with Crippen molar-refractivity contribution in [1.82, 2.24) is 4.98 Å². The molecule has 0 unspecified atom stereocenters. The van der Waals surface area contributed by atoms with Gasteiger partial charge in [0, 0.05) is 17.8 Å². The van der Waals surface area contributed by atoms with E-state index in [-0.39, 0.29) is 24.3 Å². The summed E-state index contributed by atoms with van der Waals surface area (Å²) < 4.78 is 24.7. The van der Waals surface area contributed by atoms with Crippen LogP contribution < -0.4 is 11.5 Å². The summed E-state index contributed by atoms with van der Waals surface area (Å²) in [6.07, 6.45) is -2.66. The van der Waals surface area contributed by atoms with Crippen LogP contribution >= 0.6 is 0 Å². The summed E-state index contributed by atoms with van der Waals surface area (Å²) in [5.74, 6) is 0. The zero-order chi connectivity index (χ0) is 11.4. The average molecular weight is 212 g/mol. The number of anilines is 1. The predicted octanol–water partition coefficient (Wildman–Crippen LogP) is 1.13.